The van der Waals surface area contributed by atoms with Crippen molar-refractivity contribution in [1.29, 1.82) is 0 Å². The molecule has 0 radical (unpaired) electrons. The first-order chi connectivity index (χ1) is 7.55. The van der Waals surface area contributed by atoms with Crippen molar-refractivity contribution in [3.05, 3.63) is 0 Å². The number of aliphatic imine (C=N–C) groups is 1. The molecule has 0 rings (SSSR count). The number of methoxy groups -OCH3 is 1. The van der Waals surface area contributed by atoms with E-state index in [1.54, 1.807) is 13.8 Å². The zero-order valence-electron chi connectivity index (χ0n) is 9.34. The summed E-state index contributed by atoms with van der Waals surface area (Å²) in [5, 5.41) is 0. The molecule has 7 nitrogen and oxygen atoms in total. The van der Waals surface area contributed by atoms with Crippen LogP contribution in [0.15, 0.2) is 4.99 Å². The molecule has 0 aliphatic rings. The molecule has 0 bridgehead atoms. The molecule has 92 valence electrons. The Hall–Kier alpha value is -1.00. The second kappa shape index (κ2) is 7.30. The zero-order valence-corrected chi connectivity index (χ0v) is 10.2. The second-order valence-electron chi connectivity index (χ2n) is 2.49. The fourth-order valence-corrected chi connectivity index (χ4v) is 2.58. The summed E-state index contributed by atoms with van der Waals surface area (Å²) in [7, 11) is -2.74. The number of esters is 1. The molecule has 0 heterocycles. The van der Waals surface area contributed by atoms with Crippen LogP contribution in [0.2, 0.25) is 0 Å². The minimum absolute atomic E-state index is 0.0547. The number of ether oxygens (including phenoxy) is 1. The molecule has 16 heavy (non-hydrogen) atoms. The van der Waals surface area contributed by atoms with Crippen molar-refractivity contribution in [2.24, 2.45) is 4.99 Å². The Bertz CT molecular complexity index is 314. The molecule has 0 aromatic carbocycles. The first kappa shape index (κ1) is 15.0. The van der Waals surface area contributed by atoms with Crippen molar-refractivity contribution < 1.29 is 27.9 Å². The molecule has 1 unspecified atom stereocenters. The summed E-state index contributed by atoms with van der Waals surface area (Å²) in [6, 6.07) is 0. The van der Waals surface area contributed by atoms with Crippen LogP contribution in [0.25, 0.3) is 0 Å². The third kappa shape index (κ3) is 3.87. The predicted molar refractivity (Wildman–Crippen MR) is 54.8 cm³/mol. The van der Waals surface area contributed by atoms with Crippen LogP contribution in [0.5, 0.6) is 0 Å². The molecule has 0 amide bonds. The lowest BCUT2D eigenvalue weighted by molar-refractivity contribution is -0.140. The summed E-state index contributed by atoms with van der Waals surface area (Å²) in [5.74, 6) is -2.58. The van der Waals surface area contributed by atoms with E-state index in [4.69, 9.17) is 9.05 Å². The van der Waals surface area contributed by atoms with Gasteiger partial charge in [-0.1, -0.05) is 0 Å². The van der Waals surface area contributed by atoms with Crippen LogP contribution >= 0.6 is 7.60 Å². The van der Waals surface area contributed by atoms with Gasteiger partial charge in [0.15, 0.2) is 0 Å². The highest BCUT2D eigenvalue weighted by molar-refractivity contribution is 7.55. The van der Waals surface area contributed by atoms with E-state index in [9.17, 15) is 14.2 Å². The Morgan fingerprint density at radius 1 is 1.38 bits per heavy atom. The van der Waals surface area contributed by atoms with E-state index >= 15 is 0 Å². The highest BCUT2D eigenvalue weighted by Crippen LogP contribution is 2.53. The van der Waals surface area contributed by atoms with E-state index in [0.29, 0.717) is 0 Å². The van der Waals surface area contributed by atoms with Gasteiger partial charge < -0.3 is 13.8 Å². The van der Waals surface area contributed by atoms with Gasteiger partial charge in [0, 0.05) is 0 Å². The third-order valence-corrected chi connectivity index (χ3v) is 3.67. The summed E-state index contributed by atoms with van der Waals surface area (Å²) in [6.45, 7) is 3.26. The lowest BCUT2D eigenvalue weighted by Crippen LogP contribution is -2.23. The summed E-state index contributed by atoms with van der Waals surface area (Å²) in [5.41, 5.74) is 0. The van der Waals surface area contributed by atoms with Gasteiger partial charge in [0.1, 0.15) is 0 Å². The summed E-state index contributed by atoms with van der Waals surface area (Å²) < 4.78 is 26.2. The maximum Gasteiger partial charge on any atom is 0.367 e. The third-order valence-electron chi connectivity index (χ3n) is 1.50. The van der Waals surface area contributed by atoms with Gasteiger partial charge in [-0.15, -0.1) is 0 Å². The Morgan fingerprint density at radius 2 is 1.88 bits per heavy atom. The number of hydrogen-bond acceptors (Lipinski definition) is 7. The van der Waals surface area contributed by atoms with Gasteiger partial charge in [-0.25, -0.2) is 9.59 Å². The molecule has 0 saturated heterocycles. The topological polar surface area (TPSA) is 91.3 Å². The average Bonchev–Trinajstić information content (AvgIpc) is 2.25. The van der Waals surface area contributed by atoms with Crippen LogP contribution in [0.4, 0.5) is 0 Å². The van der Waals surface area contributed by atoms with Crippen molar-refractivity contribution in [1.82, 2.24) is 0 Å². The predicted octanol–water partition coefficient (Wildman–Crippen LogP) is 1.09. The standard InChI is InChI=1S/C8H14NO6P/c1-4-14-16(12,15-5-2)7(9-6-10)8(11)13-3/h7H,4-5H2,1-3H3. The van der Waals surface area contributed by atoms with Crippen molar-refractivity contribution in [3.63, 3.8) is 0 Å². The average molecular weight is 251 g/mol. The van der Waals surface area contributed by atoms with Gasteiger partial charge in [-0.3, -0.25) is 4.57 Å². The Kier molecular flexibility index (Phi) is 6.85. The monoisotopic (exact) mass is 251 g/mol. The lowest BCUT2D eigenvalue weighted by Gasteiger charge is -2.20. The van der Waals surface area contributed by atoms with Crippen LogP contribution in [0.1, 0.15) is 13.8 Å². The van der Waals surface area contributed by atoms with Gasteiger partial charge in [0.05, 0.1) is 20.3 Å². The van der Waals surface area contributed by atoms with Crippen molar-refractivity contribution in [2.45, 2.75) is 19.6 Å². The van der Waals surface area contributed by atoms with E-state index in [-0.39, 0.29) is 13.2 Å². The van der Waals surface area contributed by atoms with Crippen LogP contribution in [0.3, 0.4) is 0 Å². The van der Waals surface area contributed by atoms with E-state index in [1.807, 2.05) is 0 Å². The SMILES string of the molecule is CCOP(=O)(OCC)C(N=C=O)C(=O)OC. The molecule has 8 heteroatoms. The molecule has 0 aromatic heterocycles. The molecule has 0 N–H and O–H groups in total. The summed E-state index contributed by atoms with van der Waals surface area (Å²) >= 11 is 0. The van der Waals surface area contributed by atoms with Crippen molar-refractivity contribution in [2.75, 3.05) is 20.3 Å². The number of rotatable bonds is 7. The van der Waals surface area contributed by atoms with Gasteiger partial charge in [0.25, 0.3) is 5.78 Å². The maximum absolute atomic E-state index is 12.1. The quantitative estimate of drug-likeness (QED) is 0.291. The van der Waals surface area contributed by atoms with E-state index in [2.05, 4.69) is 9.73 Å². The first-order valence-corrected chi connectivity index (χ1v) is 6.20. The number of isocyanates is 1. The van der Waals surface area contributed by atoms with Crippen LogP contribution in [0, 0.1) is 0 Å². The van der Waals surface area contributed by atoms with E-state index in [0.717, 1.165) is 13.2 Å². The Labute approximate surface area is 93.3 Å². The smallest absolute Gasteiger partial charge is 0.367 e. The van der Waals surface area contributed by atoms with E-state index in [1.165, 1.54) is 0 Å². The number of carbonyl (C=O) groups is 1. The maximum atomic E-state index is 12.1. The van der Waals surface area contributed by atoms with Gasteiger partial charge in [0.2, 0.25) is 6.08 Å². The summed E-state index contributed by atoms with van der Waals surface area (Å²) in [4.78, 5) is 24.5. The minimum atomic E-state index is -3.82. The molecule has 0 aliphatic carbocycles. The van der Waals surface area contributed by atoms with Gasteiger partial charge in [-0.2, -0.15) is 4.99 Å². The molecular weight excluding hydrogens is 237 g/mol. The van der Waals surface area contributed by atoms with Crippen LogP contribution in [-0.2, 0) is 27.9 Å². The Morgan fingerprint density at radius 3 is 2.19 bits per heavy atom. The van der Waals surface area contributed by atoms with Crippen molar-refractivity contribution in [3.8, 4) is 0 Å². The van der Waals surface area contributed by atoms with Gasteiger partial charge in [-0.05, 0) is 13.8 Å². The molecule has 0 fully saturated rings. The molecule has 0 spiro atoms. The van der Waals surface area contributed by atoms with Crippen molar-refractivity contribution >= 4 is 19.6 Å². The summed E-state index contributed by atoms with van der Waals surface area (Å²) in [6.07, 6.45) is 1.15. The highest BCUT2D eigenvalue weighted by Gasteiger charge is 2.42. The van der Waals surface area contributed by atoms with Crippen LogP contribution < -0.4 is 0 Å². The highest BCUT2D eigenvalue weighted by atomic mass is 31.2. The fourth-order valence-electron chi connectivity index (χ4n) is 0.946. The first-order valence-electron chi connectivity index (χ1n) is 4.59. The zero-order chi connectivity index (χ0) is 12.6. The van der Waals surface area contributed by atoms with Crippen LogP contribution in [-0.4, -0.2) is 38.2 Å². The normalized spacial score (nSPS) is 12.7. The fraction of sp³-hybridized carbons (Fsp3) is 0.750. The Balaban J connectivity index is 5.16. The molecule has 0 saturated carbocycles. The lowest BCUT2D eigenvalue weighted by atomic mass is 10.7. The number of hydrogen-bond donors (Lipinski definition) is 0. The molecular formula is C8H14NO6P. The minimum Gasteiger partial charge on any atom is -0.467 e. The molecule has 0 aromatic rings. The molecule has 1 atom stereocenters. The number of nitrogens with zero attached hydrogens (tertiary/aromatic N) is 1. The largest absolute Gasteiger partial charge is 0.467 e. The number of carbonyl (C=O) groups excluding carboxylic acids is 2. The van der Waals surface area contributed by atoms with Gasteiger partial charge >= 0.3 is 13.6 Å². The molecule has 0 aliphatic heterocycles. The second-order valence-corrected chi connectivity index (χ2v) is 4.58. The van der Waals surface area contributed by atoms with E-state index < -0.39 is 19.3 Å².